The number of nitrogens with zero attached hydrogens (tertiary/aromatic N) is 1. The third kappa shape index (κ3) is 4.82. The molecule has 0 aromatic rings. The fourth-order valence-electron chi connectivity index (χ4n) is 2.86. The lowest BCUT2D eigenvalue weighted by molar-refractivity contribution is -0.147. The van der Waals surface area contributed by atoms with E-state index in [2.05, 4.69) is 12.2 Å². The van der Waals surface area contributed by atoms with Crippen molar-refractivity contribution in [2.24, 2.45) is 5.92 Å². The third-order valence-electron chi connectivity index (χ3n) is 3.77. The smallest absolute Gasteiger partial charge is 0.321 e. The van der Waals surface area contributed by atoms with Crippen molar-refractivity contribution in [2.45, 2.75) is 58.5 Å². The number of nitrogens with one attached hydrogen (secondary N) is 1. The molecule has 5 nitrogen and oxygen atoms in total. The van der Waals surface area contributed by atoms with Gasteiger partial charge in [-0.15, -0.1) is 0 Å². The Balaban J connectivity index is 2.53. The first-order chi connectivity index (χ1) is 8.95. The third-order valence-corrected chi connectivity index (χ3v) is 3.77. The van der Waals surface area contributed by atoms with Crippen molar-refractivity contribution in [3.8, 4) is 0 Å². The lowest BCUT2D eigenvalue weighted by atomic mass is 9.91. The number of hydrogen-bond acceptors (Lipinski definition) is 3. The Bertz CT molecular complexity index is 320. The van der Waals surface area contributed by atoms with Crippen molar-refractivity contribution < 1.29 is 14.7 Å². The van der Waals surface area contributed by atoms with E-state index in [9.17, 15) is 14.7 Å². The minimum Gasteiger partial charge on any atom is -0.480 e. The van der Waals surface area contributed by atoms with Crippen molar-refractivity contribution in [1.29, 1.82) is 0 Å². The molecule has 0 spiro atoms. The Morgan fingerprint density at radius 1 is 1.47 bits per heavy atom. The minimum absolute atomic E-state index is 0.0682. The van der Waals surface area contributed by atoms with Gasteiger partial charge in [0, 0.05) is 6.04 Å². The number of carbonyl (C=O) groups is 2. The average molecular weight is 270 g/mol. The van der Waals surface area contributed by atoms with E-state index >= 15 is 0 Å². The van der Waals surface area contributed by atoms with Crippen LogP contribution < -0.4 is 5.32 Å². The highest BCUT2D eigenvalue weighted by Gasteiger charge is 2.35. The van der Waals surface area contributed by atoms with Crippen LogP contribution in [0.1, 0.15) is 46.5 Å². The lowest BCUT2D eigenvalue weighted by Crippen LogP contribution is -2.53. The summed E-state index contributed by atoms with van der Waals surface area (Å²) in [7, 11) is 0. The molecule has 0 aromatic heterocycles. The zero-order valence-corrected chi connectivity index (χ0v) is 12.2. The van der Waals surface area contributed by atoms with E-state index in [0.717, 1.165) is 25.7 Å². The number of rotatable bonds is 6. The number of carboxylic acid groups (broad SMARTS) is 1. The van der Waals surface area contributed by atoms with Crippen LogP contribution in [0.4, 0.5) is 0 Å². The van der Waals surface area contributed by atoms with Gasteiger partial charge in [-0.1, -0.05) is 20.3 Å². The van der Waals surface area contributed by atoms with Gasteiger partial charge in [-0.2, -0.15) is 0 Å². The number of amides is 1. The van der Waals surface area contributed by atoms with Gasteiger partial charge in [0.2, 0.25) is 5.91 Å². The Hall–Kier alpha value is -1.10. The van der Waals surface area contributed by atoms with Crippen molar-refractivity contribution >= 4 is 11.9 Å². The standard InChI is InChI=1S/C14H26N2O3/c1-4-6-11(3)15-12(17)9-16-8-5-7-10(2)13(16)14(18)19/h10-11,13H,4-9H2,1-3H3,(H,15,17)(H,18,19). The van der Waals surface area contributed by atoms with E-state index in [1.165, 1.54) is 0 Å². The fourth-order valence-corrected chi connectivity index (χ4v) is 2.86. The Labute approximate surface area is 115 Å². The number of hydrogen-bond donors (Lipinski definition) is 2. The van der Waals surface area contributed by atoms with Crippen LogP contribution in [-0.2, 0) is 9.59 Å². The zero-order chi connectivity index (χ0) is 14.4. The number of carboxylic acids is 1. The van der Waals surface area contributed by atoms with Crippen LogP contribution >= 0.6 is 0 Å². The number of carbonyl (C=O) groups excluding carboxylic acids is 1. The lowest BCUT2D eigenvalue weighted by Gasteiger charge is -2.36. The summed E-state index contributed by atoms with van der Waals surface area (Å²) in [6, 6.07) is -0.371. The SMILES string of the molecule is CCCC(C)NC(=O)CN1CCCC(C)C1C(=O)O. The molecule has 0 radical (unpaired) electrons. The summed E-state index contributed by atoms with van der Waals surface area (Å²) in [6.07, 6.45) is 3.86. The van der Waals surface area contributed by atoms with Crippen LogP contribution in [0.5, 0.6) is 0 Å². The molecule has 19 heavy (non-hydrogen) atoms. The summed E-state index contributed by atoms with van der Waals surface area (Å²) >= 11 is 0. The van der Waals surface area contributed by atoms with Crippen molar-refractivity contribution in [1.82, 2.24) is 10.2 Å². The molecule has 0 saturated carbocycles. The molecule has 1 saturated heterocycles. The molecule has 0 aliphatic carbocycles. The van der Waals surface area contributed by atoms with Gasteiger partial charge in [0.15, 0.2) is 0 Å². The Morgan fingerprint density at radius 2 is 2.16 bits per heavy atom. The maximum atomic E-state index is 11.9. The van der Waals surface area contributed by atoms with Gasteiger partial charge >= 0.3 is 5.97 Å². The summed E-state index contributed by atoms with van der Waals surface area (Å²) in [4.78, 5) is 25.0. The van der Waals surface area contributed by atoms with Crippen LogP contribution in [-0.4, -0.2) is 47.1 Å². The van der Waals surface area contributed by atoms with Gasteiger partial charge in [-0.05, 0) is 38.6 Å². The molecule has 1 fully saturated rings. The first kappa shape index (κ1) is 16.0. The Morgan fingerprint density at radius 3 is 2.74 bits per heavy atom. The molecule has 1 aliphatic rings. The topological polar surface area (TPSA) is 69.6 Å². The van der Waals surface area contributed by atoms with Crippen molar-refractivity contribution in [3.63, 3.8) is 0 Å². The number of piperidine rings is 1. The van der Waals surface area contributed by atoms with Crippen LogP contribution in [0.15, 0.2) is 0 Å². The first-order valence-corrected chi connectivity index (χ1v) is 7.22. The quantitative estimate of drug-likeness (QED) is 0.767. The molecular weight excluding hydrogens is 244 g/mol. The highest BCUT2D eigenvalue weighted by molar-refractivity contribution is 5.80. The largest absolute Gasteiger partial charge is 0.480 e. The van der Waals surface area contributed by atoms with Gasteiger partial charge < -0.3 is 10.4 Å². The summed E-state index contributed by atoms with van der Waals surface area (Å²) in [6.45, 7) is 6.89. The molecule has 1 rings (SSSR count). The van der Waals surface area contributed by atoms with Crippen LogP contribution in [0, 0.1) is 5.92 Å². The van der Waals surface area contributed by atoms with Crippen LogP contribution in [0.2, 0.25) is 0 Å². The van der Waals surface area contributed by atoms with Gasteiger partial charge in [0.25, 0.3) is 0 Å². The molecule has 1 aliphatic heterocycles. The van der Waals surface area contributed by atoms with Crippen molar-refractivity contribution in [2.75, 3.05) is 13.1 Å². The molecular formula is C14H26N2O3. The normalized spacial score (nSPS) is 25.8. The highest BCUT2D eigenvalue weighted by atomic mass is 16.4. The minimum atomic E-state index is -0.818. The van der Waals surface area contributed by atoms with Crippen LogP contribution in [0.25, 0.3) is 0 Å². The molecule has 3 atom stereocenters. The number of likely N-dealkylation sites (tertiary alicyclic amines) is 1. The maximum Gasteiger partial charge on any atom is 0.321 e. The van der Waals surface area contributed by atoms with E-state index in [0.29, 0.717) is 6.54 Å². The molecule has 3 unspecified atom stereocenters. The van der Waals surface area contributed by atoms with Crippen LogP contribution in [0.3, 0.4) is 0 Å². The summed E-state index contributed by atoms with van der Waals surface area (Å²) in [5.41, 5.74) is 0. The molecule has 0 bridgehead atoms. The second-order valence-corrected chi connectivity index (χ2v) is 5.63. The molecule has 2 N–H and O–H groups in total. The number of aliphatic carboxylic acids is 1. The average Bonchev–Trinajstić information content (AvgIpc) is 2.28. The summed E-state index contributed by atoms with van der Waals surface area (Å²) in [5.74, 6) is -0.782. The fraction of sp³-hybridized carbons (Fsp3) is 0.857. The molecule has 1 amide bonds. The first-order valence-electron chi connectivity index (χ1n) is 7.22. The van der Waals surface area contributed by atoms with Gasteiger partial charge in [0.1, 0.15) is 6.04 Å². The second-order valence-electron chi connectivity index (χ2n) is 5.63. The van der Waals surface area contributed by atoms with Crippen molar-refractivity contribution in [3.05, 3.63) is 0 Å². The van der Waals surface area contributed by atoms with Gasteiger partial charge in [-0.3, -0.25) is 14.5 Å². The van der Waals surface area contributed by atoms with E-state index in [1.54, 1.807) is 4.90 Å². The monoisotopic (exact) mass is 270 g/mol. The molecule has 5 heteroatoms. The summed E-state index contributed by atoms with van der Waals surface area (Å²) < 4.78 is 0. The predicted molar refractivity (Wildman–Crippen MR) is 73.9 cm³/mol. The maximum absolute atomic E-state index is 11.9. The summed E-state index contributed by atoms with van der Waals surface area (Å²) in [5, 5.41) is 12.2. The van der Waals surface area contributed by atoms with E-state index < -0.39 is 12.0 Å². The second kappa shape index (κ2) is 7.48. The van der Waals surface area contributed by atoms with E-state index in [-0.39, 0.29) is 24.4 Å². The van der Waals surface area contributed by atoms with Gasteiger partial charge in [-0.25, -0.2) is 0 Å². The Kier molecular flexibility index (Phi) is 6.28. The molecule has 110 valence electrons. The molecule has 1 heterocycles. The van der Waals surface area contributed by atoms with E-state index in [1.807, 2.05) is 13.8 Å². The van der Waals surface area contributed by atoms with E-state index in [4.69, 9.17) is 0 Å². The van der Waals surface area contributed by atoms with Gasteiger partial charge in [0.05, 0.1) is 6.54 Å². The molecule has 0 aromatic carbocycles. The predicted octanol–water partition coefficient (Wildman–Crippen LogP) is 1.48. The zero-order valence-electron chi connectivity index (χ0n) is 12.2. The highest BCUT2D eigenvalue weighted by Crippen LogP contribution is 2.23.